The van der Waals surface area contributed by atoms with E-state index < -0.39 is 0 Å². The molecule has 6 nitrogen and oxygen atoms in total. The molecule has 0 N–H and O–H groups in total. The summed E-state index contributed by atoms with van der Waals surface area (Å²) in [5.41, 5.74) is 3.03. The Bertz CT molecular complexity index is 752. The minimum atomic E-state index is -0.303. The highest BCUT2D eigenvalue weighted by Gasteiger charge is 2.49. The zero-order valence-electron chi connectivity index (χ0n) is 17.0. The molecule has 1 atom stereocenters. The fourth-order valence-electron chi connectivity index (χ4n) is 4.97. The summed E-state index contributed by atoms with van der Waals surface area (Å²) < 4.78 is 1.88. The average molecular weight is 373 g/mol. The van der Waals surface area contributed by atoms with Gasteiger partial charge in [-0.25, -0.2) is 0 Å². The molecule has 1 aromatic heterocycles. The molecule has 1 saturated carbocycles. The summed E-state index contributed by atoms with van der Waals surface area (Å²) in [6.07, 6.45) is 6.64. The highest BCUT2D eigenvalue weighted by molar-refractivity contribution is 5.86. The summed E-state index contributed by atoms with van der Waals surface area (Å²) in [4.78, 5) is 30.0. The maximum atomic E-state index is 13.1. The molecule has 148 valence electrons. The molecule has 6 heteroatoms. The number of rotatable bonds is 5. The van der Waals surface area contributed by atoms with Gasteiger partial charge in [0.15, 0.2) is 0 Å². The summed E-state index contributed by atoms with van der Waals surface area (Å²) in [5.74, 6) is 1.23. The van der Waals surface area contributed by atoms with Gasteiger partial charge in [0.25, 0.3) is 0 Å². The number of aromatic nitrogens is 2. The Morgan fingerprint density at radius 2 is 2.00 bits per heavy atom. The van der Waals surface area contributed by atoms with Gasteiger partial charge >= 0.3 is 0 Å². The lowest BCUT2D eigenvalue weighted by Crippen LogP contribution is -2.50. The maximum Gasteiger partial charge on any atom is 0.230 e. The predicted octanol–water partition coefficient (Wildman–Crippen LogP) is 2.22. The van der Waals surface area contributed by atoms with Crippen molar-refractivity contribution in [3.05, 3.63) is 17.0 Å². The molecule has 0 aromatic carbocycles. The van der Waals surface area contributed by atoms with E-state index in [0.717, 1.165) is 62.6 Å². The SMILES string of the molecule is Cc1nn(C)c(C)c1CCC(=O)N1CC[C@]2(CCCN(CC3CC3)C2=O)C1. The minimum absolute atomic E-state index is 0.182. The first-order valence-corrected chi connectivity index (χ1v) is 10.5. The molecular formula is C21H32N4O2. The Morgan fingerprint density at radius 1 is 1.22 bits per heavy atom. The van der Waals surface area contributed by atoms with Gasteiger partial charge in [-0.15, -0.1) is 0 Å². The summed E-state index contributed by atoms with van der Waals surface area (Å²) in [7, 11) is 1.94. The molecule has 3 fully saturated rings. The topological polar surface area (TPSA) is 58.4 Å². The standard InChI is InChI=1S/C21H32N4O2/c1-15-18(16(2)23(3)22-15)7-8-19(26)25-12-10-21(14-25)9-4-11-24(20(21)27)13-17-5-6-17/h17H,4-14H2,1-3H3/t21-/m1/s1. The van der Waals surface area contributed by atoms with E-state index in [0.29, 0.717) is 18.9 Å². The lowest BCUT2D eigenvalue weighted by molar-refractivity contribution is -0.146. The van der Waals surface area contributed by atoms with Gasteiger partial charge < -0.3 is 9.80 Å². The van der Waals surface area contributed by atoms with Crippen LogP contribution in [0.15, 0.2) is 0 Å². The third-order valence-corrected chi connectivity index (χ3v) is 6.95. The van der Waals surface area contributed by atoms with Crippen LogP contribution in [0.2, 0.25) is 0 Å². The fraction of sp³-hybridized carbons (Fsp3) is 0.762. The molecule has 3 aliphatic rings. The van der Waals surface area contributed by atoms with Gasteiger partial charge in [0, 0.05) is 45.3 Å². The summed E-state index contributed by atoms with van der Waals surface area (Å²) in [6.45, 7) is 7.26. The minimum Gasteiger partial charge on any atom is -0.342 e. The first-order valence-electron chi connectivity index (χ1n) is 10.5. The third kappa shape index (κ3) is 3.50. The number of hydrogen-bond acceptors (Lipinski definition) is 3. The van der Waals surface area contributed by atoms with Crippen molar-refractivity contribution < 1.29 is 9.59 Å². The second kappa shape index (κ2) is 6.95. The highest BCUT2D eigenvalue weighted by atomic mass is 16.2. The number of carbonyl (C=O) groups excluding carboxylic acids is 2. The van der Waals surface area contributed by atoms with Crippen molar-refractivity contribution in [2.24, 2.45) is 18.4 Å². The Morgan fingerprint density at radius 3 is 2.67 bits per heavy atom. The monoisotopic (exact) mass is 372 g/mol. The van der Waals surface area contributed by atoms with Crippen LogP contribution in [0.4, 0.5) is 0 Å². The molecule has 1 spiro atoms. The van der Waals surface area contributed by atoms with Crippen LogP contribution in [0, 0.1) is 25.2 Å². The Hall–Kier alpha value is -1.85. The van der Waals surface area contributed by atoms with E-state index in [2.05, 4.69) is 16.9 Å². The van der Waals surface area contributed by atoms with Crippen molar-refractivity contribution in [2.75, 3.05) is 26.2 Å². The van der Waals surface area contributed by atoms with E-state index in [1.165, 1.54) is 18.4 Å². The molecule has 0 bridgehead atoms. The first kappa shape index (κ1) is 18.5. The van der Waals surface area contributed by atoms with E-state index in [-0.39, 0.29) is 11.3 Å². The molecule has 3 heterocycles. The molecule has 0 unspecified atom stereocenters. The van der Waals surface area contributed by atoms with Gasteiger partial charge in [0.1, 0.15) is 0 Å². The lowest BCUT2D eigenvalue weighted by atomic mass is 9.78. The summed E-state index contributed by atoms with van der Waals surface area (Å²) >= 11 is 0. The van der Waals surface area contributed by atoms with Crippen molar-refractivity contribution in [1.29, 1.82) is 0 Å². The van der Waals surface area contributed by atoms with Crippen LogP contribution in [0.1, 0.15) is 55.5 Å². The maximum absolute atomic E-state index is 13.1. The Labute approximate surface area is 161 Å². The van der Waals surface area contributed by atoms with Gasteiger partial charge in [-0.3, -0.25) is 14.3 Å². The number of carbonyl (C=O) groups is 2. The number of hydrogen-bond donors (Lipinski definition) is 0. The van der Waals surface area contributed by atoms with E-state index >= 15 is 0 Å². The predicted molar refractivity (Wildman–Crippen MR) is 103 cm³/mol. The number of likely N-dealkylation sites (tertiary alicyclic amines) is 2. The number of nitrogens with zero attached hydrogens (tertiary/aromatic N) is 4. The van der Waals surface area contributed by atoms with Crippen molar-refractivity contribution in [3.63, 3.8) is 0 Å². The molecule has 1 aromatic rings. The first-order chi connectivity index (χ1) is 12.9. The molecule has 4 rings (SSSR count). The van der Waals surface area contributed by atoms with Gasteiger partial charge in [-0.05, 0) is 63.9 Å². The number of piperidine rings is 1. The molecule has 2 saturated heterocycles. The molecule has 1 aliphatic carbocycles. The normalized spacial score (nSPS) is 25.7. The Balaban J connectivity index is 1.36. The van der Waals surface area contributed by atoms with Crippen LogP contribution in [-0.4, -0.2) is 57.6 Å². The van der Waals surface area contributed by atoms with E-state index in [1.807, 2.05) is 23.6 Å². The van der Waals surface area contributed by atoms with Crippen molar-refractivity contribution in [1.82, 2.24) is 19.6 Å². The van der Waals surface area contributed by atoms with Crippen LogP contribution in [-0.2, 0) is 23.1 Å². The zero-order valence-corrected chi connectivity index (χ0v) is 17.0. The zero-order chi connectivity index (χ0) is 19.2. The average Bonchev–Trinajstić information content (AvgIpc) is 3.29. The summed E-state index contributed by atoms with van der Waals surface area (Å²) in [6, 6.07) is 0. The van der Waals surface area contributed by atoms with E-state index in [1.54, 1.807) is 0 Å². The largest absolute Gasteiger partial charge is 0.342 e. The molecule has 2 aliphatic heterocycles. The molecular weight excluding hydrogens is 340 g/mol. The fourth-order valence-corrected chi connectivity index (χ4v) is 4.97. The smallest absolute Gasteiger partial charge is 0.230 e. The molecule has 0 radical (unpaired) electrons. The van der Waals surface area contributed by atoms with E-state index in [9.17, 15) is 9.59 Å². The number of amides is 2. The van der Waals surface area contributed by atoms with E-state index in [4.69, 9.17) is 0 Å². The number of aryl methyl sites for hydroxylation is 2. The summed E-state index contributed by atoms with van der Waals surface area (Å²) in [5, 5.41) is 4.44. The third-order valence-electron chi connectivity index (χ3n) is 6.95. The van der Waals surface area contributed by atoms with Gasteiger partial charge in [0.2, 0.25) is 11.8 Å². The van der Waals surface area contributed by atoms with Crippen LogP contribution in [0.3, 0.4) is 0 Å². The lowest BCUT2D eigenvalue weighted by Gasteiger charge is -2.39. The second-order valence-corrected chi connectivity index (χ2v) is 8.92. The van der Waals surface area contributed by atoms with Crippen molar-refractivity contribution in [3.8, 4) is 0 Å². The van der Waals surface area contributed by atoms with Crippen LogP contribution in [0.25, 0.3) is 0 Å². The quantitative estimate of drug-likeness (QED) is 0.796. The van der Waals surface area contributed by atoms with Crippen molar-refractivity contribution in [2.45, 2.75) is 58.8 Å². The van der Waals surface area contributed by atoms with Crippen LogP contribution >= 0.6 is 0 Å². The van der Waals surface area contributed by atoms with Gasteiger partial charge in [-0.2, -0.15) is 5.10 Å². The molecule has 27 heavy (non-hydrogen) atoms. The van der Waals surface area contributed by atoms with Crippen molar-refractivity contribution >= 4 is 11.8 Å². The van der Waals surface area contributed by atoms with Crippen LogP contribution in [0.5, 0.6) is 0 Å². The van der Waals surface area contributed by atoms with Crippen LogP contribution < -0.4 is 0 Å². The van der Waals surface area contributed by atoms with Gasteiger partial charge in [0.05, 0.1) is 11.1 Å². The molecule has 2 amide bonds. The second-order valence-electron chi connectivity index (χ2n) is 8.92. The highest BCUT2D eigenvalue weighted by Crippen LogP contribution is 2.41. The van der Waals surface area contributed by atoms with Gasteiger partial charge in [-0.1, -0.05) is 0 Å². The Kier molecular flexibility index (Phi) is 4.77.